The number of carbonyl (C=O) groups excluding carboxylic acids is 1. The highest BCUT2D eigenvalue weighted by Crippen LogP contribution is 2.23. The Bertz CT molecular complexity index is 744. The van der Waals surface area contributed by atoms with Crippen molar-refractivity contribution in [2.75, 3.05) is 32.1 Å². The summed E-state index contributed by atoms with van der Waals surface area (Å²) in [5, 5.41) is 9.16. The molecule has 0 aliphatic carbocycles. The number of thiazole rings is 1. The number of ether oxygens (including phenoxy) is 1. The Morgan fingerprint density at radius 3 is 2.72 bits per heavy atom. The first-order valence-electron chi connectivity index (χ1n) is 8.35. The average Bonchev–Trinajstić information content (AvgIpc) is 2.93. The lowest BCUT2D eigenvalue weighted by Crippen LogP contribution is -2.44. The summed E-state index contributed by atoms with van der Waals surface area (Å²) in [5.74, 6) is 1.32. The molecule has 0 bridgehead atoms. The van der Waals surface area contributed by atoms with Crippen LogP contribution >= 0.6 is 11.3 Å². The lowest BCUT2D eigenvalue weighted by Gasteiger charge is -2.32. The maximum Gasteiger partial charge on any atom is 0.265 e. The standard InChI is InChI=1S/C17H23N5O2S/c1-11-16(25-12(2)18-11)17(23)22-9-5-6-13(10-22)24-15-8-7-14(19-20-15)21(3)4/h7-8,13H,5-6,9-10H2,1-4H3. The maximum absolute atomic E-state index is 12.8. The molecule has 0 radical (unpaired) electrons. The largest absolute Gasteiger partial charge is 0.471 e. The third kappa shape index (κ3) is 4.07. The molecular formula is C17H23N5O2S. The Labute approximate surface area is 151 Å². The van der Waals surface area contributed by atoms with Gasteiger partial charge in [-0.2, -0.15) is 0 Å². The van der Waals surface area contributed by atoms with Crippen LogP contribution in [-0.4, -0.2) is 59.3 Å². The van der Waals surface area contributed by atoms with E-state index in [4.69, 9.17) is 4.74 Å². The normalized spacial score (nSPS) is 17.4. The minimum Gasteiger partial charge on any atom is -0.471 e. The number of piperidine rings is 1. The zero-order valence-electron chi connectivity index (χ0n) is 15.0. The van der Waals surface area contributed by atoms with Crippen LogP contribution in [0.5, 0.6) is 5.88 Å². The highest BCUT2D eigenvalue weighted by molar-refractivity contribution is 7.13. The van der Waals surface area contributed by atoms with Crippen LogP contribution in [0.4, 0.5) is 5.82 Å². The minimum atomic E-state index is -0.0634. The molecule has 0 aromatic carbocycles. The molecule has 7 nitrogen and oxygen atoms in total. The summed E-state index contributed by atoms with van der Waals surface area (Å²) in [5.41, 5.74) is 0.806. The van der Waals surface area contributed by atoms with E-state index in [-0.39, 0.29) is 12.0 Å². The molecule has 1 amide bonds. The fraction of sp³-hybridized carbons (Fsp3) is 0.529. The first kappa shape index (κ1) is 17.6. The monoisotopic (exact) mass is 361 g/mol. The van der Waals surface area contributed by atoms with Crippen LogP contribution < -0.4 is 9.64 Å². The first-order valence-corrected chi connectivity index (χ1v) is 9.16. The van der Waals surface area contributed by atoms with Gasteiger partial charge in [0.2, 0.25) is 5.88 Å². The molecule has 0 saturated carbocycles. The summed E-state index contributed by atoms with van der Waals surface area (Å²) >= 11 is 1.46. The molecule has 2 aromatic heterocycles. The molecule has 1 saturated heterocycles. The van der Waals surface area contributed by atoms with Gasteiger partial charge in [0.05, 0.1) is 17.2 Å². The number of aryl methyl sites for hydroxylation is 2. The fourth-order valence-corrected chi connectivity index (χ4v) is 3.77. The van der Waals surface area contributed by atoms with Crippen molar-refractivity contribution in [3.8, 4) is 5.88 Å². The quantitative estimate of drug-likeness (QED) is 0.832. The van der Waals surface area contributed by atoms with Crippen molar-refractivity contribution in [1.82, 2.24) is 20.1 Å². The molecule has 3 rings (SSSR count). The van der Waals surface area contributed by atoms with E-state index in [0.29, 0.717) is 12.4 Å². The Hall–Kier alpha value is -2.22. The second-order valence-corrected chi connectivity index (χ2v) is 7.61. The van der Waals surface area contributed by atoms with Crippen molar-refractivity contribution in [3.63, 3.8) is 0 Å². The summed E-state index contributed by atoms with van der Waals surface area (Å²) in [4.78, 5) is 21.6. The van der Waals surface area contributed by atoms with E-state index in [1.54, 1.807) is 0 Å². The van der Waals surface area contributed by atoms with Gasteiger partial charge < -0.3 is 14.5 Å². The van der Waals surface area contributed by atoms with E-state index in [0.717, 1.165) is 40.8 Å². The highest BCUT2D eigenvalue weighted by Gasteiger charge is 2.28. The molecule has 1 fully saturated rings. The SMILES string of the molecule is Cc1nc(C)c(C(=O)N2CCCC(Oc3ccc(N(C)C)nn3)C2)s1. The predicted octanol–water partition coefficient (Wildman–Crippen LogP) is 2.30. The second kappa shape index (κ2) is 7.35. The van der Waals surface area contributed by atoms with Crippen LogP contribution in [-0.2, 0) is 0 Å². The van der Waals surface area contributed by atoms with Crippen LogP contribution in [0.2, 0.25) is 0 Å². The van der Waals surface area contributed by atoms with Gasteiger partial charge in [-0.05, 0) is 32.8 Å². The smallest absolute Gasteiger partial charge is 0.265 e. The van der Waals surface area contributed by atoms with Crippen molar-refractivity contribution < 1.29 is 9.53 Å². The van der Waals surface area contributed by atoms with Crippen molar-refractivity contribution in [2.24, 2.45) is 0 Å². The van der Waals surface area contributed by atoms with Crippen molar-refractivity contribution in [2.45, 2.75) is 32.8 Å². The molecule has 2 aromatic rings. The molecule has 0 N–H and O–H groups in total. The lowest BCUT2D eigenvalue weighted by molar-refractivity contribution is 0.0529. The fourth-order valence-electron chi connectivity index (χ4n) is 2.88. The summed E-state index contributed by atoms with van der Waals surface area (Å²) in [6.07, 6.45) is 1.75. The van der Waals surface area contributed by atoms with Crippen LogP contribution in [0.15, 0.2) is 12.1 Å². The van der Waals surface area contributed by atoms with Crippen LogP contribution in [0, 0.1) is 13.8 Å². The van der Waals surface area contributed by atoms with Gasteiger partial charge in [-0.3, -0.25) is 4.79 Å². The summed E-state index contributed by atoms with van der Waals surface area (Å²) in [6.45, 7) is 5.12. The third-order valence-electron chi connectivity index (χ3n) is 4.13. The third-order valence-corrected chi connectivity index (χ3v) is 5.20. The Morgan fingerprint density at radius 1 is 1.32 bits per heavy atom. The number of anilines is 1. The highest BCUT2D eigenvalue weighted by atomic mass is 32.1. The van der Waals surface area contributed by atoms with Gasteiger partial charge in [0.25, 0.3) is 5.91 Å². The number of hydrogen-bond donors (Lipinski definition) is 0. The number of amides is 1. The van der Waals surface area contributed by atoms with Gasteiger partial charge >= 0.3 is 0 Å². The lowest BCUT2D eigenvalue weighted by atomic mass is 10.1. The van der Waals surface area contributed by atoms with E-state index in [9.17, 15) is 4.79 Å². The summed E-state index contributed by atoms with van der Waals surface area (Å²) < 4.78 is 5.94. The molecule has 1 aliphatic rings. The van der Waals surface area contributed by atoms with Gasteiger partial charge in [0.1, 0.15) is 11.0 Å². The van der Waals surface area contributed by atoms with Crippen molar-refractivity contribution in [1.29, 1.82) is 0 Å². The van der Waals surface area contributed by atoms with E-state index in [1.165, 1.54) is 11.3 Å². The molecule has 1 atom stereocenters. The molecule has 3 heterocycles. The van der Waals surface area contributed by atoms with Gasteiger partial charge in [0.15, 0.2) is 5.82 Å². The molecule has 25 heavy (non-hydrogen) atoms. The van der Waals surface area contributed by atoms with Crippen molar-refractivity contribution in [3.05, 3.63) is 27.7 Å². The molecule has 134 valence electrons. The number of likely N-dealkylation sites (tertiary alicyclic amines) is 1. The van der Waals surface area contributed by atoms with Gasteiger partial charge in [0, 0.05) is 26.7 Å². The van der Waals surface area contributed by atoms with Gasteiger partial charge in [-0.25, -0.2) is 4.98 Å². The Balaban J connectivity index is 1.64. The van der Waals surface area contributed by atoms with Crippen LogP contribution in [0.25, 0.3) is 0 Å². The molecule has 0 spiro atoms. The second-order valence-electron chi connectivity index (χ2n) is 6.40. The number of hydrogen-bond acceptors (Lipinski definition) is 7. The predicted molar refractivity (Wildman–Crippen MR) is 97.5 cm³/mol. The van der Waals surface area contributed by atoms with E-state index in [1.807, 2.05) is 49.9 Å². The van der Waals surface area contributed by atoms with Crippen LogP contribution in [0.1, 0.15) is 33.2 Å². The Morgan fingerprint density at radius 2 is 2.12 bits per heavy atom. The maximum atomic E-state index is 12.8. The van der Waals surface area contributed by atoms with Crippen molar-refractivity contribution >= 4 is 23.1 Å². The zero-order valence-corrected chi connectivity index (χ0v) is 15.8. The summed E-state index contributed by atoms with van der Waals surface area (Å²) in [6, 6.07) is 3.69. The first-order chi connectivity index (χ1) is 11.9. The molecule has 8 heteroatoms. The summed E-state index contributed by atoms with van der Waals surface area (Å²) in [7, 11) is 3.83. The number of carbonyl (C=O) groups is 1. The van der Waals surface area contributed by atoms with Crippen LogP contribution in [0.3, 0.4) is 0 Å². The molecular weight excluding hydrogens is 338 g/mol. The molecule has 1 aliphatic heterocycles. The average molecular weight is 361 g/mol. The zero-order chi connectivity index (χ0) is 18.0. The van der Waals surface area contributed by atoms with Gasteiger partial charge in [-0.15, -0.1) is 21.5 Å². The van der Waals surface area contributed by atoms with E-state index >= 15 is 0 Å². The van der Waals surface area contributed by atoms with E-state index in [2.05, 4.69) is 15.2 Å². The molecule has 1 unspecified atom stereocenters. The van der Waals surface area contributed by atoms with E-state index < -0.39 is 0 Å². The number of rotatable bonds is 4. The topological polar surface area (TPSA) is 71.5 Å². The van der Waals surface area contributed by atoms with Gasteiger partial charge in [-0.1, -0.05) is 0 Å². The minimum absolute atomic E-state index is 0.0467. The number of aromatic nitrogens is 3. The number of nitrogens with zero attached hydrogens (tertiary/aromatic N) is 5. The Kier molecular flexibility index (Phi) is 5.17.